The molecule has 1 aliphatic heterocycles. The Kier molecular flexibility index (Phi) is 2.62. The van der Waals surface area contributed by atoms with E-state index in [1.54, 1.807) is 4.81 Å². The van der Waals surface area contributed by atoms with Crippen LogP contribution >= 0.6 is 0 Å². The van der Waals surface area contributed by atoms with Gasteiger partial charge in [-0.15, -0.1) is 0 Å². The minimum absolute atomic E-state index is 0.427. The van der Waals surface area contributed by atoms with Crippen LogP contribution in [0.25, 0.3) is 11.4 Å². The van der Waals surface area contributed by atoms with Crippen molar-refractivity contribution in [3.8, 4) is 11.4 Å². The van der Waals surface area contributed by atoms with Gasteiger partial charge in [0, 0.05) is 15.3 Å². The Morgan fingerprint density at radius 1 is 1.00 bits per heavy atom. The van der Waals surface area contributed by atoms with Crippen LogP contribution in [0.3, 0.4) is 0 Å². The Morgan fingerprint density at radius 2 is 1.67 bits per heavy atom. The van der Waals surface area contributed by atoms with Gasteiger partial charge in [-0.3, -0.25) is 4.48 Å². The average Bonchev–Trinajstić information content (AvgIpc) is 2.95. The Morgan fingerprint density at radius 3 is 2.38 bits per heavy atom. The lowest BCUT2D eigenvalue weighted by atomic mass is 9.60. The van der Waals surface area contributed by atoms with E-state index in [9.17, 15) is 0 Å². The van der Waals surface area contributed by atoms with Gasteiger partial charge in [0.15, 0.2) is 0 Å². The number of benzene rings is 2. The van der Waals surface area contributed by atoms with Gasteiger partial charge in [-0.2, -0.15) is 0 Å². The summed E-state index contributed by atoms with van der Waals surface area (Å²) in [7, 11) is 2.01. The normalized spacial score (nSPS) is 15.4. The number of aromatic nitrogens is 2. The molecule has 1 aromatic heterocycles. The van der Waals surface area contributed by atoms with Crippen LogP contribution in [0.15, 0.2) is 48.8 Å². The first kappa shape index (κ1) is 12.0. The van der Waals surface area contributed by atoms with E-state index in [-0.39, 0.29) is 0 Å². The van der Waals surface area contributed by atoms with Crippen LogP contribution in [-0.4, -0.2) is 18.5 Å². The molecule has 0 amide bonds. The summed E-state index contributed by atoms with van der Waals surface area (Å²) in [6.45, 7) is 3.43. The Balaban J connectivity index is 2.12. The predicted molar refractivity (Wildman–Crippen MR) is 101 cm³/mol. The molecule has 0 unspecified atom stereocenters. The van der Waals surface area contributed by atoms with Crippen molar-refractivity contribution < 1.29 is 8.59 Å². The van der Waals surface area contributed by atoms with Crippen molar-refractivity contribution in [1.29, 1.82) is 0 Å². The SMILES string of the molecule is [2H]C([2H])([2H])N1B(c2c(C)cccc2C)[n+]2ccn(C)c2-c2c(C)cccc21. The van der Waals surface area contributed by atoms with Gasteiger partial charge >= 0.3 is 6.98 Å². The quantitative estimate of drug-likeness (QED) is 0.628. The molecule has 0 saturated heterocycles. The first-order chi connectivity index (χ1) is 12.7. The van der Waals surface area contributed by atoms with Crippen molar-refractivity contribution in [3.63, 3.8) is 0 Å². The molecular formula is C20H23BN3+. The third-order valence-electron chi connectivity index (χ3n) is 5.07. The molecule has 2 aromatic carbocycles. The fraction of sp³-hybridized carbons (Fsp3) is 0.250. The van der Waals surface area contributed by atoms with E-state index in [2.05, 4.69) is 35.0 Å². The lowest BCUT2D eigenvalue weighted by Gasteiger charge is -2.32. The van der Waals surface area contributed by atoms with Crippen LogP contribution in [0.1, 0.15) is 20.8 Å². The molecular weight excluding hydrogens is 293 g/mol. The molecule has 1 aliphatic rings. The van der Waals surface area contributed by atoms with Crippen LogP contribution in [0.5, 0.6) is 0 Å². The topological polar surface area (TPSA) is 12.1 Å². The summed E-state index contributed by atoms with van der Waals surface area (Å²) in [6.07, 6.45) is 3.98. The molecule has 4 rings (SSSR count). The highest BCUT2D eigenvalue weighted by atomic mass is 15.2. The number of hydrogen-bond acceptors (Lipinski definition) is 1. The van der Waals surface area contributed by atoms with Crippen molar-refractivity contribution in [1.82, 2.24) is 4.57 Å². The van der Waals surface area contributed by atoms with Crippen LogP contribution < -0.4 is 14.8 Å². The Bertz CT molecular complexity index is 1020. The molecule has 0 fully saturated rings. The van der Waals surface area contributed by atoms with Gasteiger partial charge in [-0.25, -0.2) is 4.57 Å². The molecule has 2 heterocycles. The maximum Gasteiger partial charge on any atom is 0.537 e. The van der Waals surface area contributed by atoms with Gasteiger partial charge in [0.05, 0.1) is 12.6 Å². The zero-order valence-electron chi connectivity index (χ0n) is 17.5. The summed E-state index contributed by atoms with van der Waals surface area (Å²) in [6, 6.07) is 12.0. The molecule has 3 aromatic rings. The third kappa shape index (κ3) is 1.95. The minimum atomic E-state index is -2.28. The lowest BCUT2D eigenvalue weighted by Crippen LogP contribution is -2.70. The standard InChI is InChI=1S/C20H23BN3/c1-14-8-7-11-17-18(14)20-22(4)12-13-24(20)21(23(17)5)19-15(2)9-6-10-16(19)3/h6-13H,1-5H3/q+1/i5D3. The maximum atomic E-state index is 8.34. The molecule has 0 atom stereocenters. The van der Waals surface area contributed by atoms with Gasteiger partial charge in [-0.1, -0.05) is 30.3 Å². The Hall–Kier alpha value is -2.49. The van der Waals surface area contributed by atoms with Crippen LogP contribution in [-0.2, 0) is 7.05 Å². The van der Waals surface area contributed by atoms with Crippen molar-refractivity contribution in [2.24, 2.45) is 7.05 Å². The molecule has 0 spiro atoms. The number of aryl methyl sites for hydroxylation is 4. The number of imidazole rings is 1. The number of nitrogens with zero attached hydrogens (tertiary/aromatic N) is 3. The number of rotatable bonds is 1. The number of fused-ring (bicyclic) bond motifs is 3. The smallest absolute Gasteiger partial charge is 0.372 e. The van der Waals surface area contributed by atoms with Gasteiger partial charge in [0.1, 0.15) is 12.4 Å². The summed E-state index contributed by atoms with van der Waals surface area (Å²) in [4.78, 5) is 1.59. The summed E-state index contributed by atoms with van der Waals surface area (Å²) < 4.78 is 29.2. The van der Waals surface area contributed by atoms with E-state index in [0.717, 1.165) is 39.2 Å². The highest BCUT2D eigenvalue weighted by Gasteiger charge is 2.44. The first-order valence-electron chi connectivity index (χ1n) is 9.73. The maximum absolute atomic E-state index is 8.34. The van der Waals surface area contributed by atoms with E-state index in [4.69, 9.17) is 4.11 Å². The molecule has 0 bridgehead atoms. The zero-order valence-corrected chi connectivity index (χ0v) is 14.5. The summed E-state index contributed by atoms with van der Waals surface area (Å²) in [5.74, 6) is 1.02. The largest absolute Gasteiger partial charge is 0.537 e. The molecule has 4 heteroatoms. The monoisotopic (exact) mass is 319 g/mol. The summed E-state index contributed by atoms with van der Waals surface area (Å²) in [5.41, 5.74) is 6.02. The van der Waals surface area contributed by atoms with Gasteiger partial charge < -0.3 is 4.81 Å². The zero-order chi connectivity index (χ0) is 19.5. The molecule has 0 saturated carbocycles. The minimum Gasteiger partial charge on any atom is -0.372 e. The molecule has 0 aliphatic carbocycles. The average molecular weight is 319 g/mol. The molecule has 24 heavy (non-hydrogen) atoms. The van der Waals surface area contributed by atoms with E-state index in [1.165, 1.54) is 0 Å². The van der Waals surface area contributed by atoms with E-state index in [0.29, 0.717) is 0 Å². The fourth-order valence-electron chi connectivity index (χ4n) is 3.90. The Labute approximate surface area is 148 Å². The molecule has 0 N–H and O–H groups in total. The van der Waals surface area contributed by atoms with Crippen LogP contribution in [0.2, 0.25) is 0 Å². The van der Waals surface area contributed by atoms with Crippen molar-refractivity contribution >= 4 is 18.1 Å². The third-order valence-corrected chi connectivity index (χ3v) is 5.07. The predicted octanol–water partition coefficient (Wildman–Crippen LogP) is 2.60. The number of anilines is 1. The molecule has 3 nitrogen and oxygen atoms in total. The van der Waals surface area contributed by atoms with Gasteiger partial charge in [0.2, 0.25) is 0 Å². The van der Waals surface area contributed by atoms with E-state index < -0.39 is 14.0 Å². The highest BCUT2D eigenvalue weighted by molar-refractivity contribution is 6.70. The molecule has 0 radical (unpaired) electrons. The summed E-state index contributed by atoms with van der Waals surface area (Å²) >= 11 is 0. The van der Waals surface area contributed by atoms with Gasteiger partial charge in [-0.05, 0) is 50.5 Å². The van der Waals surface area contributed by atoms with Crippen molar-refractivity contribution in [3.05, 3.63) is 65.5 Å². The number of hydrogen-bond donors (Lipinski definition) is 0. The molecule has 120 valence electrons. The van der Waals surface area contributed by atoms with Gasteiger partial charge in [0.25, 0.3) is 5.82 Å². The van der Waals surface area contributed by atoms with Crippen molar-refractivity contribution in [2.45, 2.75) is 20.8 Å². The van der Waals surface area contributed by atoms with Crippen LogP contribution in [0.4, 0.5) is 5.69 Å². The van der Waals surface area contributed by atoms with E-state index in [1.807, 2.05) is 50.6 Å². The fourth-order valence-corrected chi connectivity index (χ4v) is 3.90. The lowest BCUT2D eigenvalue weighted by molar-refractivity contribution is -0.523. The van der Waals surface area contributed by atoms with E-state index >= 15 is 0 Å². The second-order valence-corrected chi connectivity index (χ2v) is 6.66. The second kappa shape index (κ2) is 5.27. The second-order valence-electron chi connectivity index (χ2n) is 6.66. The van der Waals surface area contributed by atoms with Crippen molar-refractivity contribution in [2.75, 3.05) is 11.8 Å². The first-order valence-corrected chi connectivity index (χ1v) is 8.23. The van der Waals surface area contributed by atoms with Crippen LogP contribution in [0, 0.1) is 20.8 Å². The highest BCUT2D eigenvalue weighted by Crippen LogP contribution is 2.34. The summed E-state index contributed by atoms with van der Waals surface area (Å²) in [5, 5.41) is 0.